The summed E-state index contributed by atoms with van der Waals surface area (Å²) in [5.74, 6) is -1.74. The molecule has 170 valence electrons. The highest BCUT2D eigenvalue weighted by atomic mass is 35.5. The summed E-state index contributed by atoms with van der Waals surface area (Å²) in [4.78, 5) is 28.4. The maximum atomic E-state index is 13.4. The molecule has 11 heteroatoms. The SMILES string of the molecule is O=C(CN1CC2CC(C1)N2CCNC(=O)C1(C(F)(F)F)CC1)Nc1cc(F)cc(Cl)c1. The Balaban J connectivity index is 1.20. The lowest BCUT2D eigenvalue weighted by atomic mass is 9.87. The first kappa shape index (κ1) is 22.3. The van der Waals surface area contributed by atoms with Crippen molar-refractivity contribution in [1.82, 2.24) is 15.1 Å². The van der Waals surface area contributed by atoms with E-state index < -0.39 is 23.3 Å². The smallest absolute Gasteiger partial charge is 0.354 e. The number of carbonyl (C=O) groups excluding carboxylic acids is 2. The maximum Gasteiger partial charge on any atom is 0.403 e. The number of fused-ring (bicyclic) bond motifs is 2. The van der Waals surface area contributed by atoms with Crippen LogP contribution in [0.1, 0.15) is 19.3 Å². The second kappa shape index (κ2) is 8.22. The Labute approximate surface area is 181 Å². The standard InChI is InChI=1S/C20H23ClF4N4O2/c21-12-5-13(22)7-14(6-12)27-17(30)11-28-9-15-8-16(10-28)29(15)4-3-26-18(31)19(1-2-19)20(23,24)25/h5-7,15-16H,1-4,8-11H2,(H,26,31)(H,27,30). The quantitative estimate of drug-likeness (QED) is 0.611. The number of benzene rings is 1. The summed E-state index contributed by atoms with van der Waals surface area (Å²) in [6.07, 6.45) is -3.83. The van der Waals surface area contributed by atoms with Crippen molar-refractivity contribution in [3.8, 4) is 0 Å². The van der Waals surface area contributed by atoms with Crippen LogP contribution in [0, 0.1) is 11.2 Å². The van der Waals surface area contributed by atoms with Crippen molar-refractivity contribution in [2.75, 3.05) is 38.0 Å². The number of halogens is 5. The van der Waals surface area contributed by atoms with Crippen LogP contribution in [-0.4, -0.2) is 72.6 Å². The number of piperazine rings is 1. The third-order valence-corrected chi connectivity index (χ3v) is 6.53. The molecule has 1 aromatic carbocycles. The molecule has 2 amide bonds. The number of nitrogens with zero attached hydrogens (tertiary/aromatic N) is 2. The molecule has 1 aromatic rings. The number of alkyl halides is 3. The Morgan fingerprint density at radius 1 is 1.16 bits per heavy atom. The molecule has 3 aliphatic heterocycles. The summed E-state index contributed by atoms with van der Waals surface area (Å²) in [5.41, 5.74) is -1.89. The molecule has 0 radical (unpaired) electrons. The highest BCUT2D eigenvalue weighted by Gasteiger charge is 2.68. The Bertz CT molecular complexity index is 845. The molecule has 2 bridgehead atoms. The minimum atomic E-state index is -4.50. The van der Waals surface area contributed by atoms with Crippen LogP contribution in [0.5, 0.6) is 0 Å². The fourth-order valence-corrected chi connectivity index (χ4v) is 4.75. The van der Waals surface area contributed by atoms with Crippen LogP contribution >= 0.6 is 11.6 Å². The van der Waals surface area contributed by atoms with Gasteiger partial charge in [-0.25, -0.2) is 4.39 Å². The van der Waals surface area contributed by atoms with Gasteiger partial charge in [0.1, 0.15) is 11.2 Å². The van der Waals surface area contributed by atoms with Gasteiger partial charge in [0.25, 0.3) is 0 Å². The van der Waals surface area contributed by atoms with Crippen molar-refractivity contribution in [2.45, 2.75) is 37.5 Å². The third-order valence-electron chi connectivity index (χ3n) is 6.32. The number of hydrogen-bond donors (Lipinski definition) is 2. The highest BCUT2D eigenvalue weighted by molar-refractivity contribution is 6.30. The zero-order valence-electron chi connectivity index (χ0n) is 16.6. The normalized spacial score (nSPS) is 24.9. The zero-order valence-corrected chi connectivity index (χ0v) is 17.4. The monoisotopic (exact) mass is 462 g/mol. The molecule has 2 atom stereocenters. The van der Waals surface area contributed by atoms with Gasteiger partial charge in [0, 0.05) is 49.0 Å². The summed E-state index contributed by atoms with van der Waals surface area (Å²) in [6, 6.07) is 4.21. The second-order valence-corrected chi connectivity index (χ2v) is 8.95. The van der Waals surface area contributed by atoms with Crippen LogP contribution in [0.3, 0.4) is 0 Å². The molecule has 2 N–H and O–H groups in total. The number of carbonyl (C=O) groups is 2. The number of hydrogen-bond acceptors (Lipinski definition) is 4. The van der Waals surface area contributed by atoms with Gasteiger partial charge in [-0.05, 0) is 37.5 Å². The molecule has 1 saturated carbocycles. The first-order chi connectivity index (χ1) is 14.6. The average molecular weight is 463 g/mol. The lowest BCUT2D eigenvalue weighted by Gasteiger charge is -2.56. The van der Waals surface area contributed by atoms with Crippen molar-refractivity contribution < 1.29 is 27.2 Å². The van der Waals surface area contributed by atoms with Gasteiger partial charge in [-0.2, -0.15) is 13.2 Å². The molecule has 1 aliphatic carbocycles. The number of anilines is 1. The molecule has 3 saturated heterocycles. The van der Waals surface area contributed by atoms with Crippen LogP contribution in [0.15, 0.2) is 18.2 Å². The fourth-order valence-electron chi connectivity index (χ4n) is 4.53. The predicted octanol–water partition coefficient (Wildman–Crippen LogP) is 2.63. The van der Waals surface area contributed by atoms with E-state index in [4.69, 9.17) is 11.6 Å². The second-order valence-electron chi connectivity index (χ2n) is 8.52. The highest BCUT2D eigenvalue weighted by Crippen LogP contribution is 2.57. The van der Waals surface area contributed by atoms with E-state index >= 15 is 0 Å². The van der Waals surface area contributed by atoms with Crippen LogP contribution < -0.4 is 10.6 Å². The largest absolute Gasteiger partial charge is 0.403 e. The van der Waals surface area contributed by atoms with Crippen LogP contribution in [0.4, 0.5) is 23.2 Å². The summed E-state index contributed by atoms with van der Waals surface area (Å²) in [7, 11) is 0. The molecular formula is C20H23ClF4N4O2. The van der Waals surface area contributed by atoms with Gasteiger partial charge in [0.05, 0.1) is 6.54 Å². The lowest BCUT2D eigenvalue weighted by Crippen LogP contribution is -2.69. The Morgan fingerprint density at radius 2 is 1.84 bits per heavy atom. The number of amides is 2. The molecule has 5 rings (SSSR count). The van der Waals surface area contributed by atoms with Gasteiger partial charge in [-0.3, -0.25) is 19.4 Å². The fraction of sp³-hybridized carbons (Fsp3) is 0.600. The van der Waals surface area contributed by atoms with Crippen LogP contribution in [-0.2, 0) is 9.59 Å². The molecule has 31 heavy (non-hydrogen) atoms. The third kappa shape index (κ3) is 4.65. The molecule has 0 spiro atoms. The van der Waals surface area contributed by atoms with Crippen molar-refractivity contribution >= 4 is 29.1 Å². The predicted molar refractivity (Wildman–Crippen MR) is 106 cm³/mol. The van der Waals surface area contributed by atoms with E-state index in [0.717, 1.165) is 12.5 Å². The van der Waals surface area contributed by atoms with Gasteiger partial charge < -0.3 is 10.6 Å². The molecule has 3 heterocycles. The topological polar surface area (TPSA) is 64.7 Å². The van der Waals surface area contributed by atoms with E-state index in [1.807, 2.05) is 4.90 Å². The van der Waals surface area contributed by atoms with E-state index in [0.29, 0.717) is 25.3 Å². The molecule has 2 unspecified atom stereocenters. The van der Waals surface area contributed by atoms with Gasteiger partial charge in [0.2, 0.25) is 11.8 Å². The van der Waals surface area contributed by atoms with E-state index in [2.05, 4.69) is 15.5 Å². The maximum absolute atomic E-state index is 13.4. The number of nitrogens with one attached hydrogen (secondary N) is 2. The lowest BCUT2D eigenvalue weighted by molar-refractivity contribution is -0.192. The zero-order chi connectivity index (χ0) is 22.4. The Kier molecular flexibility index (Phi) is 5.91. The summed E-state index contributed by atoms with van der Waals surface area (Å²) < 4.78 is 52.3. The average Bonchev–Trinajstić information content (AvgIpc) is 3.46. The van der Waals surface area contributed by atoms with Gasteiger partial charge in [0.15, 0.2) is 0 Å². The minimum absolute atomic E-state index is 0.143. The number of rotatable bonds is 7. The van der Waals surface area contributed by atoms with Gasteiger partial charge in [-0.1, -0.05) is 11.6 Å². The van der Waals surface area contributed by atoms with Gasteiger partial charge in [-0.15, -0.1) is 0 Å². The van der Waals surface area contributed by atoms with E-state index in [-0.39, 0.29) is 48.9 Å². The summed E-state index contributed by atoms with van der Waals surface area (Å²) >= 11 is 5.79. The molecular weight excluding hydrogens is 440 g/mol. The van der Waals surface area contributed by atoms with Crippen molar-refractivity contribution in [1.29, 1.82) is 0 Å². The first-order valence-corrected chi connectivity index (χ1v) is 10.5. The Hall–Kier alpha value is -1.91. The minimum Gasteiger partial charge on any atom is -0.354 e. The van der Waals surface area contributed by atoms with Crippen LogP contribution in [0.2, 0.25) is 5.02 Å². The van der Waals surface area contributed by atoms with Gasteiger partial charge >= 0.3 is 6.18 Å². The molecule has 4 fully saturated rings. The van der Waals surface area contributed by atoms with Crippen LogP contribution in [0.25, 0.3) is 0 Å². The van der Waals surface area contributed by atoms with Crippen molar-refractivity contribution in [3.05, 3.63) is 29.0 Å². The number of piperidine rings is 1. The Morgan fingerprint density at radius 3 is 2.42 bits per heavy atom. The van der Waals surface area contributed by atoms with Crippen molar-refractivity contribution in [3.63, 3.8) is 0 Å². The van der Waals surface area contributed by atoms with E-state index in [1.54, 1.807) is 0 Å². The van der Waals surface area contributed by atoms with Crippen molar-refractivity contribution in [2.24, 2.45) is 5.41 Å². The first-order valence-electron chi connectivity index (χ1n) is 10.2. The van der Waals surface area contributed by atoms with E-state index in [9.17, 15) is 27.2 Å². The molecule has 0 aromatic heterocycles. The summed E-state index contributed by atoms with van der Waals surface area (Å²) in [5, 5.41) is 5.27. The van der Waals surface area contributed by atoms with E-state index in [1.165, 1.54) is 12.1 Å². The molecule has 6 nitrogen and oxygen atoms in total. The molecule has 4 aliphatic rings. The summed E-state index contributed by atoms with van der Waals surface area (Å²) in [6.45, 7) is 2.10.